The summed E-state index contributed by atoms with van der Waals surface area (Å²) in [5.41, 5.74) is 4.64. The number of fused-ring (bicyclic) bond motifs is 1. The molecule has 4 aromatic rings. The largest absolute Gasteiger partial charge is 0.378 e. The van der Waals surface area contributed by atoms with Gasteiger partial charge < -0.3 is 15.2 Å². The molecule has 4 rings (SSSR count). The lowest BCUT2D eigenvalue weighted by atomic mass is 9.90. The van der Waals surface area contributed by atoms with Crippen molar-refractivity contribution < 1.29 is 4.79 Å². The molecule has 0 spiro atoms. The molecule has 0 aliphatic rings. The first-order chi connectivity index (χ1) is 14.0. The highest BCUT2D eigenvalue weighted by atomic mass is 32.1. The third kappa shape index (κ3) is 4.05. The highest BCUT2D eigenvalue weighted by Crippen LogP contribution is 2.31. The number of anilines is 1. The number of hydrogen-bond acceptors (Lipinski definition) is 3. The normalized spacial score (nSPS) is 12.1. The zero-order valence-electron chi connectivity index (χ0n) is 16.9. The Morgan fingerprint density at radius 1 is 1.07 bits per heavy atom. The summed E-state index contributed by atoms with van der Waals surface area (Å²) in [4.78, 5) is 20.0. The van der Waals surface area contributed by atoms with Crippen LogP contribution in [0.5, 0.6) is 0 Å². The van der Waals surface area contributed by atoms with Crippen molar-refractivity contribution in [2.45, 2.75) is 12.8 Å². The molecule has 0 fully saturated rings. The Bertz CT molecular complexity index is 1120. The van der Waals surface area contributed by atoms with Crippen molar-refractivity contribution in [1.29, 1.82) is 0 Å². The molecule has 2 N–H and O–H groups in total. The second-order valence-electron chi connectivity index (χ2n) is 7.45. The molecule has 0 saturated carbocycles. The van der Waals surface area contributed by atoms with Gasteiger partial charge in [0.2, 0.25) is 0 Å². The first-order valence-corrected chi connectivity index (χ1v) is 10.5. The summed E-state index contributed by atoms with van der Waals surface area (Å²) < 4.78 is 0. The highest BCUT2D eigenvalue weighted by molar-refractivity contribution is 7.13. The molecule has 1 amide bonds. The Hall–Kier alpha value is -3.05. The second kappa shape index (κ2) is 8.13. The topological polar surface area (TPSA) is 48.1 Å². The quantitative estimate of drug-likeness (QED) is 0.467. The van der Waals surface area contributed by atoms with E-state index in [0.29, 0.717) is 6.54 Å². The number of H-pyrrole nitrogens is 1. The Balaban J connectivity index is 1.66. The monoisotopic (exact) mass is 403 g/mol. The molecule has 0 saturated heterocycles. The summed E-state index contributed by atoms with van der Waals surface area (Å²) >= 11 is 1.52. The molecular weight excluding hydrogens is 378 g/mol. The maximum atomic E-state index is 12.7. The summed E-state index contributed by atoms with van der Waals surface area (Å²) in [5, 5.41) is 4.34. The summed E-state index contributed by atoms with van der Waals surface area (Å²) in [6, 6.07) is 20.7. The zero-order chi connectivity index (χ0) is 20.4. The van der Waals surface area contributed by atoms with Gasteiger partial charge in [-0.3, -0.25) is 4.79 Å². The van der Waals surface area contributed by atoms with Crippen LogP contribution in [0.2, 0.25) is 0 Å². The Morgan fingerprint density at radius 2 is 1.83 bits per heavy atom. The molecular formula is C24H25N3OS. The molecule has 148 valence electrons. The van der Waals surface area contributed by atoms with Gasteiger partial charge >= 0.3 is 0 Å². The van der Waals surface area contributed by atoms with Crippen molar-refractivity contribution >= 4 is 33.8 Å². The van der Waals surface area contributed by atoms with Crippen LogP contribution in [-0.2, 0) is 0 Å². The number of nitrogens with zero attached hydrogens (tertiary/aromatic N) is 1. The molecule has 5 heteroatoms. The van der Waals surface area contributed by atoms with Crippen molar-refractivity contribution in [3.8, 4) is 0 Å². The smallest absolute Gasteiger partial charge is 0.261 e. The molecule has 1 atom stereocenters. The van der Waals surface area contributed by atoms with E-state index in [1.54, 1.807) is 0 Å². The van der Waals surface area contributed by atoms with Gasteiger partial charge in [-0.2, -0.15) is 0 Å². The minimum atomic E-state index is -0.0159. The minimum Gasteiger partial charge on any atom is -0.378 e. The van der Waals surface area contributed by atoms with Crippen LogP contribution in [0.15, 0.2) is 66.9 Å². The van der Waals surface area contributed by atoms with E-state index >= 15 is 0 Å². The number of para-hydroxylation sites is 1. The Kier molecular flexibility index (Phi) is 5.41. The van der Waals surface area contributed by atoms with Gasteiger partial charge in [0, 0.05) is 54.2 Å². The number of thiophene rings is 1. The summed E-state index contributed by atoms with van der Waals surface area (Å²) in [6.07, 6.45) is 2.07. The van der Waals surface area contributed by atoms with Crippen molar-refractivity contribution in [3.63, 3.8) is 0 Å². The standard InChI is InChI=1S/C24H25N3OS/c1-16-8-13-23(29-16)24(28)26-14-20(17-9-11-18(12-10-17)27(2)3)21-15-25-22-7-5-4-6-19(21)22/h4-13,15,20,25H,14H2,1-3H3,(H,26,28). The van der Waals surface area contributed by atoms with Gasteiger partial charge in [0.25, 0.3) is 5.91 Å². The van der Waals surface area contributed by atoms with Gasteiger partial charge in [-0.25, -0.2) is 0 Å². The van der Waals surface area contributed by atoms with Crippen molar-refractivity contribution in [2.75, 3.05) is 25.5 Å². The van der Waals surface area contributed by atoms with Gasteiger partial charge in [-0.15, -0.1) is 11.3 Å². The van der Waals surface area contributed by atoms with E-state index in [0.717, 1.165) is 21.0 Å². The second-order valence-corrected chi connectivity index (χ2v) is 8.74. The lowest BCUT2D eigenvalue weighted by molar-refractivity contribution is 0.0956. The van der Waals surface area contributed by atoms with Crippen molar-refractivity contribution in [2.24, 2.45) is 0 Å². The van der Waals surface area contributed by atoms with Crippen LogP contribution in [0.3, 0.4) is 0 Å². The first-order valence-electron chi connectivity index (χ1n) is 9.71. The van der Waals surface area contributed by atoms with Crippen LogP contribution in [-0.4, -0.2) is 31.5 Å². The summed E-state index contributed by atoms with van der Waals surface area (Å²) in [6.45, 7) is 2.56. The Labute approximate surface area is 175 Å². The summed E-state index contributed by atoms with van der Waals surface area (Å²) in [7, 11) is 4.07. The molecule has 0 bridgehead atoms. The van der Waals surface area contributed by atoms with Crippen LogP contribution in [0.25, 0.3) is 10.9 Å². The van der Waals surface area contributed by atoms with E-state index in [-0.39, 0.29) is 11.8 Å². The van der Waals surface area contributed by atoms with Gasteiger partial charge in [0.05, 0.1) is 4.88 Å². The molecule has 2 aromatic heterocycles. The third-order valence-corrected chi connectivity index (χ3v) is 6.24. The van der Waals surface area contributed by atoms with Crippen molar-refractivity contribution in [3.05, 3.63) is 87.7 Å². The molecule has 2 aromatic carbocycles. The molecule has 2 heterocycles. The van der Waals surface area contributed by atoms with E-state index in [4.69, 9.17) is 0 Å². The Morgan fingerprint density at radius 3 is 2.52 bits per heavy atom. The molecule has 29 heavy (non-hydrogen) atoms. The van der Waals surface area contributed by atoms with E-state index in [9.17, 15) is 4.79 Å². The van der Waals surface area contributed by atoms with Crippen LogP contribution >= 0.6 is 11.3 Å². The fourth-order valence-corrected chi connectivity index (χ4v) is 4.42. The number of amides is 1. The molecule has 0 aliphatic carbocycles. The van der Waals surface area contributed by atoms with Gasteiger partial charge in [-0.05, 0) is 48.4 Å². The predicted octanol–water partition coefficient (Wildman–Crippen LogP) is 5.17. The number of hydrogen-bond donors (Lipinski definition) is 2. The van der Waals surface area contributed by atoms with Crippen LogP contribution in [0.1, 0.15) is 31.6 Å². The van der Waals surface area contributed by atoms with Crippen LogP contribution in [0, 0.1) is 6.92 Å². The SMILES string of the molecule is Cc1ccc(C(=O)NCC(c2ccc(N(C)C)cc2)c2c[nH]c3ccccc23)s1. The first kappa shape index (κ1) is 19.3. The predicted molar refractivity (Wildman–Crippen MR) is 122 cm³/mol. The van der Waals surface area contributed by atoms with Crippen molar-refractivity contribution in [1.82, 2.24) is 10.3 Å². The van der Waals surface area contributed by atoms with Gasteiger partial charge in [-0.1, -0.05) is 30.3 Å². The van der Waals surface area contributed by atoms with Gasteiger partial charge in [0.15, 0.2) is 0 Å². The highest BCUT2D eigenvalue weighted by Gasteiger charge is 2.20. The number of benzene rings is 2. The maximum absolute atomic E-state index is 12.7. The fourth-order valence-electron chi connectivity index (χ4n) is 3.63. The third-order valence-electron chi connectivity index (χ3n) is 5.24. The lowest BCUT2D eigenvalue weighted by Crippen LogP contribution is -2.28. The number of carbonyl (C=O) groups excluding carboxylic acids is 1. The van der Waals surface area contributed by atoms with Crippen LogP contribution in [0.4, 0.5) is 5.69 Å². The number of aryl methyl sites for hydroxylation is 1. The van der Waals surface area contributed by atoms with E-state index in [2.05, 4.69) is 63.9 Å². The molecule has 0 radical (unpaired) electrons. The minimum absolute atomic E-state index is 0.0159. The maximum Gasteiger partial charge on any atom is 0.261 e. The lowest BCUT2D eigenvalue weighted by Gasteiger charge is -2.20. The summed E-state index contributed by atoms with van der Waals surface area (Å²) in [5.74, 6) is 0.0465. The fraction of sp³-hybridized carbons (Fsp3) is 0.208. The van der Waals surface area contributed by atoms with E-state index in [1.807, 2.05) is 39.2 Å². The van der Waals surface area contributed by atoms with Crippen LogP contribution < -0.4 is 10.2 Å². The number of aromatic amines is 1. The number of carbonyl (C=O) groups is 1. The number of aromatic nitrogens is 1. The number of rotatable bonds is 6. The average Bonchev–Trinajstić information content (AvgIpc) is 3.35. The average molecular weight is 404 g/mol. The van der Waals surface area contributed by atoms with E-state index < -0.39 is 0 Å². The zero-order valence-corrected chi connectivity index (χ0v) is 17.7. The number of nitrogens with one attached hydrogen (secondary N) is 2. The van der Waals surface area contributed by atoms with E-state index in [1.165, 1.54) is 27.8 Å². The molecule has 0 aliphatic heterocycles. The van der Waals surface area contributed by atoms with Gasteiger partial charge in [0.1, 0.15) is 0 Å². The molecule has 4 nitrogen and oxygen atoms in total. The molecule has 1 unspecified atom stereocenters.